The van der Waals surface area contributed by atoms with E-state index in [0.717, 1.165) is 12.0 Å². The van der Waals surface area contributed by atoms with Gasteiger partial charge in [0.1, 0.15) is 0 Å². The Morgan fingerprint density at radius 2 is 2.14 bits per heavy atom. The molecule has 74 valence electrons. The van der Waals surface area contributed by atoms with Gasteiger partial charge in [0.2, 0.25) is 0 Å². The zero-order chi connectivity index (χ0) is 9.80. The maximum Gasteiger partial charge on any atom is 0.170 e. The van der Waals surface area contributed by atoms with E-state index in [9.17, 15) is 0 Å². The van der Waals surface area contributed by atoms with Gasteiger partial charge in [-0.25, -0.2) is 0 Å². The Morgan fingerprint density at radius 3 is 3.00 bits per heavy atom. The zero-order valence-corrected chi connectivity index (χ0v) is 7.64. The molecule has 2 rings (SSSR count). The summed E-state index contributed by atoms with van der Waals surface area (Å²) in [7, 11) is 0. The van der Waals surface area contributed by atoms with Crippen molar-refractivity contribution >= 4 is 6.21 Å². The Morgan fingerprint density at radius 1 is 1.29 bits per heavy atom. The van der Waals surface area contributed by atoms with Crippen LogP contribution in [0.3, 0.4) is 0 Å². The Hall–Kier alpha value is -1.71. The lowest BCUT2D eigenvalue weighted by molar-refractivity contribution is 0.296. The molecule has 1 aliphatic rings. The van der Waals surface area contributed by atoms with Crippen molar-refractivity contribution in [3.05, 3.63) is 23.8 Å². The highest BCUT2D eigenvalue weighted by Gasteiger charge is 2.12. The molecule has 0 radical (unpaired) electrons. The molecule has 4 nitrogen and oxygen atoms in total. The topological polar surface area (TPSA) is 51.1 Å². The van der Waals surface area contributed by atoms with Gasteiger partial charge in [0.15, 0.2) is 11.5 Å². The second-order valence-corrected chi connectivity index (χ2v) is 2.97. The largest absolute Gasteiger partial charge is 0.490 e. The van der Waals surface area contributed by atoms with Gasteiger partial charge >= 0.3 is 0 Å². The maximum absolute atomic E-state index is 8.46. The zero-order valence-electron chi connectivity index (χ0n) is 7.64. The van der Waals surface area contributed by atoms with E-state index in [0.29, 0.717) is 24.7 Å². The summed E-state index contributed by atoms with van der Waals surface area (Å²) < 4.78 is 11.0. The molecule has 0 atom stereocenters. The number of rotatable bonds is 1. The second kappa shape index (κ2) is 4.00. The monoisotopic (exact) mass is 193 g/mol. The molecular weight excluding hydrogens is 182 g/mol. The van der Waals surface area contributed by atoms with Crippen LogP contribution in [0, 0.1) is 0 Å². The lowest BCUT2D eigenvalue weighted by Gasteiger charge is -2.08. The van der Waals surface area contributed by atoms with Crippen LogP contribution in [0.4, 0.5) is 0 Å². The average molecular weight is 193 g/mol. The van der Waals surface area contributed by atoms with E-state index in [1.165, 1.54) is 6.21 Å². The first-order valence-corrected chi connectivity index (χ1v) is 4.48. The molecule has 0 fully saturated rings. The fourth-order valence-corrected chi connectivity index (χ4v) is 1.38. The van der Waals surface area contributed by atoms with Gasteiger partial charge in [-0.3, -0.25) is 0 Å². The average Bonchev–Trinajstić information content (AvgIpc) is 2.44. The molecule has 0 bridgehead atoms. The van der Waals surface area contributed by atoms with Crippen LogP contribution in [0.25, 0.3) is 0 Å². The molecule has 1 N–H and O–H groups in total. The molecule has 0 amide bonds. The Bertz CT molecular complexity index is 349. The second-order valence-electron chi connectivity index (χ2n) is 2.97. The Labute approximate surface area is 81.8 Å². The lowest BCUT2D eigenvalue weighted by atomic mass is 10.2. The maximum atomic E-state index is 8.46. The van der Waals surface area contributed by atoms with Crippen LogP contribution < -0.4 is 9.47 Å². The van der Waals surface area contributed by atoms with Gasteiger partial charge in [-0.15, -0.1) is 0 Å². The molecule has 4 heteroatoms. The highest BCUT2D eigenvalue weighted by Crippen LogP contribution is 2.32. The van der Waals surface area contributed by atoms with Crippen molar-refractivity contribution in [3.8, 4) is 11.5 Å². The summed E-state index contributed by atoms with van der Waals surface area (Å²) in [5, 5.41) is 11.4. The number of para-hydroxylation sites is 1. The number of oxime groups is 1. The van der Waals surface area contributed by atoms with Crippen LogP contribution in [0.15, 0.2) is 23.4 Å². The minimum absolute atomic E-state index is 0.628. The summed E-state index contributed by atoms with van der Waals surface area (Å²) >= 11 is 0. The predicted octanol–water partition coefficient (Wildman–Crippen LogP) is 1.66. The number of fused-ring (bicyclic) bond motifs is 1. The molecule has 1 aromatic rings. The van der Waals surface area contributed by atoms with E-state index in [2.05, 4.69) is 5.16 Å². The number of hydrogen-bond donors (Lipinski definition) is 1. The van der Waals surface area contributed by atoms with Crippen molar-refractivity contribution in [1.82, 2.24) is 0 Å². The fraction of sp³-hybridized carbons (Fsp3) is 0.300. The SMILES string of the molecule is O/N=C/c1cccc2c1OCCCO2. The summed E-state index contributed by atoms with van der Waals surface area (Å²) in [5.74, 6) is 1.36. The van der Waals surface area contributed by atoms with Crippen LogP contribution in [0.5, 0.6) is 11.5 Å². The molecule has 0 aromatic heterocycles. The molecule has 0 saturated heterocycles. The first-order valence-electron chi connectivity index (χ1n) is 4.48. The summed E-state index contributed by atoms with van der Waals surface area (Å²) in [6.45, 7) is 1.29. The first-order chi connectivity index (χ1) is 6.92. The molecule has 0 unspecified atom stereocenters. The van der Waals surface area contributed by atoms with Gasteiger partial charge in [-0.1, -0.05) is 11.2 Å². The molecule has 0 aliphatic carbocycles. The van der Waals surface area contributed by atoms with E-state index >= 15 is 0 Å². The molecule has 0 spiro atoms. The van der Waals surface area contributed by atoms with Crippen molar-refractivity contribution in [3.63, 3.8) is 0 Å². The van der Waals surface area contributed by atoms with Gasteiger partial charge in [-0.2, -0.15) is 0 Å². The van der Waals surface area contributed by atoms with Gasteiger partial charge in [0, 0.05) is 12.0 Å². The van der Waals surface area contributed by atoms with E-state index in [4.69, 9.17) is 14.7 Å². The smallest absolute Gasteiger partial charge is 0.170 e. The number of ether oxygens (including phenoxy) is 2. The van der Waals surface area contributed by atoms with E-state index in [1.807, 2.05) is 18.2 Å². The van der Waals surface area contributed by atoms with E-state index < -0.39 is 0 Å². The van der Waals surface area contributed by atoms with E-state index in [-0.39, 0.29) is 0 Å². The van der Waals surface area contributed by atoms with Crippen LogP contribution >= 0.6 is 0 Å². The lowest BCUT2D eigenvalue weighted by Crippen LogP contribution is -1.98. The molecule has 0 saturated carbocycles. The normalized spacial score (nSPS) is 15.4. The summed E-state index contributed by atoms with van der Waals surface area (Å²) in [4.78, 5) is 0. The van der Waals surface area contributed by atoms with Crippen LogP contribution in [-0.4, -0.2) is 24.6 Å². The van der Waals surface area contributed by atoms with Crippen molar-refractivity contribution < 1.29 is 14.7 Å². The molecule has 14 heavy (non-hydrogen) atoms. The number of nitrogens with zero attached hydrogens (tertiary/aromatic N) is 1. The number of benzene rings is 1. The van der Waals surface area contributed by atoms with Gasteiger partial charge < -0.3 is 14.7 Å². The minimum atomic E-state index is 0.628. The number of hydrogen-bond acceptors (Lipinski definition) is 4. The van der Waals surface area contributed by atoms with Crippen LogP contribution in [-0.2, 0) is 0 Å². The highest BCUT2D eigenvalue weighted by atomic mass is 16.5. The Balaban J connectivity index is 2.42. The third kappa shape index (κ3) is 1.64. The van der Waals surface area contributed by atoms with Gasteiger partial charge in [0.05, 0.1) is 19.4 Å². The third-order valence-corrected chi connectivity index (χ3v) is 2.00. The standard InChI is InChI=1S/C10H11NO3/c12-11-7-8-3-1-4-9-10(8)14-6-2-5-13-9/h1,3-4,7,12H,2,5-6H2/b11-7+. The molecule has 1 aliphatic heterocycles. The predicted molar refractivity (Wildman–Crippen MR) is 51.4 cm³/mol. The van der Waals surface area contributed by atoms with Crippen molar-refractivity contribution in [2.45, 2.75) is 6.42 Å². The van der Waals surface area contributed by atoms with Crippen LogP contribution in [0.1, 0.15) is 12.0 Å². The van der Waals surface area contributed by atoms with E-state index in [1.54, 1.807) is 0 Å². The fourth-order valence-electron chi connectivity index (χ4n) is 1.38. The quantitative estimate of drug-likeness (QED) is 0.419. The minimum Gasteiger partial charge on any atom is -0.490 e. The molecule has 1 heterocycles. The first kappa shape index (κ1) is 8.87. The van der Waals surface area contributed by atoms with Crippen LogP contribution in [0.2, 0.25) is 0 Å². The van der Waals surface area contributed by atoms with Gasteiger partial charge in [0.25, 0.3) is 0 Å². The summed E-state index contributed by atoms with van der Waals surface area (Å²) in [6, 6.07) is 5.49. The highest BCUT2D eigenvalue weighted by molar-refractivity contribution is 5.84. The third-order valence-electron chi connectivity index (χ3n) is 2.00. The van der Waals surface area contributed by atoms with Crippen molar-refractivity contribution in [1.29, 1.82) is 0 Å². The van der Waals surface area contributed by atoms with Crippen molar-refractivity contribution in [2.24, 2.45) is 5.16 Å². The summed E-state index contributed by atoms with van der Waals surface area (Å²) in [5.41, 5.74) is 0.729. The molecular formula is C10H11NO3. The Kier molecular flexibility index (Phi) is 2.53. The van der Waals surface area contributed by atoms with Gasteiger partial charge in [-0.05, 0) is 12.1 Å². The summed E-state index contributed by atoms with van der Waals surface area (Å²) in [6.07, 6.45) is 2.21. The molecule has 1 aromatic carbocycles. The van der Waals surface area contributed by atoms with Crippen molar-refractivity contribution in [2.75, 3.05) is 13.2 Å².